The highest BCUT2D eigenvalue weighted by Gasteiger charge is 1.90. The van der Waals surface area contributed by atoms with Crippen molar-refractivity contribution in [1.82, 2.24) is 4.90 Å². The Morgan fingerprint density at radius 2 is 1.64 bits per heavy atom. The van der Waals surface area contributed by atoms with Crippen molar-refractivity contribution in [3.8, 4) is 0 Å². The highest BCUT2D eigenvalue weighted by molar-refractivity contribution is 5.14. The summed E-state index contributed by atoms with van der Waals surface area (Å²) in [6.45, 7) is 3.90. The van der Waals surface area contributed by atoms with Crippen molar-refractivity contribution in [1.29, 1.82) is 0 Å². The number of nitrogens with two attached hydrogens (primary N) is 1. The minimum absolute atomic E-state index is 0.819. The summed E-state index contributed by atoms with van der Waals surface area (Å²) in [6, 6.07) is 10.5. The minimum Gasteiger partial charge on any atom is -0.330 e. The standard InChI is InChI=1S/C9H13N.C3H9N/c1-10(2)8-9-6-4-3-5-7-9;1-2-3-4/h3-7H,8H2,1-2H3;2-4H2,1H3. The monoisotopic (exact) mass is 194 g/mol. The van der Waals surface area contributed by atoms with Gasteiger partial charge in [0, 0.05) is 6.54 Å². The molecule has 0 saturated carbocycles. The maximum absolute atomic E-state index is 5.03. The Kier molecular flexibility index (Phi) is 8.19. The molecule has 0 spiro atoms. The maximum Gasteiger partial charge on any atom is 0.0227 e. The predicted molar refractivity (Wildman–Crippen MR) is 63.2 cm³/mol. The predicted octanol–water partition coefficient (Wildman–Crippen LogP) is 2.10. The highest BCUT2D eigenvalue weighted by Crippen LogP contribution is 1.99. The zero-order valence-electron chi connectivity index (χ0n) is 9.53. The number of hydrogen-bond donors (Lipinski definition) is 1. The Labute approximate surface area is 87.7 Å². The van der Waals surface area contributed by atoms with Gasteiger partial charge < -0.3 is 10.6 Å². The summed E-state index contributed by atoms with van der Waals surface area (Å²) in [5.41, 5.74) is 6.40. The van der Waals surface area contributed by atoms with Crippen molar-refractivity contribution in [2.45, 2.75) is 19.9 Å². The summed E-state index contributed by atoms with van der Waals surface area (Å²) in [7, 11) is 4.15. The first-order valence-electron chi connectivity index (χ1n) is 5.09. The van der Waals surface area contributed by atoms with E-state index in [1.165, 1.54) is 5.56 Å². The van der Waals surface area contributed by atoms with Gasteiger partial charge in [-0.1, -0.05) is 37.3 Å². The van der Waals surface area contributed by atoms with Crippen molar-refractivity contribution in [2.75, 3.05) is 20.6 Å². The van der Waals surface area contributed by atoms with E-state index in [1.807, 2.05) is 6.07 Å². The van der Waals surface area contributed by atoms with Crippen LogP contribution in [0.25, 0.3) is 0 Å². The van der Waals surface area contributed by atoms with Crippen LogP contribution in [0.15, 0.2) is 30.3 Å². The lowest BCUT2D eigenvalue weighted by molar-refractivity contribution is 0.402. The van der Waals surface area contributed by atoms with Crippen molar-refractivity contribution < 1.29 is 0 Å². The van der Waals surface area contributed by atoms with E-state index in [1.54, 1.807) is 0 Å². The molecule has 0 saturated heterocycles. The fourth-order valence-electron chi connectivity index (χ4n) is 0.949. The third kappa shape index (κ3) is 7.77. The van der Waals surface area contributed by atoms with E-state index in [9.17, 15) is 0 Å². The molecule has 1 rings (SSSR count). The normalized spacial score (nSPS) is 9.50. The summed E-state index contributed by atoms with van der Waals surface area (Å²) >= 11 is 0. The largest absolute Gasteiger partial charge is 0.330 e. The molecule has 0 fully saturated rings. The first-order chi connectivity index (χ1) is 6.70. The van der Waals surface area contributed by atoms with Crippen LogP contribution in [0.4, 0.5) is 0 Å². The van der Waals surface area contributed by atoms with Crippen LogP contribution < -0.4 is 5.73 Å². The average molecular weight is 194 g/mol. The molecule has 80 valence electrons. The summed E-state index contributed by atoms with van der Waals surface area (Å²) in [5, 5.41) is 0. The lowest BCUT2D eigenvalue weighted by Crippen LogP contribution is -2.10. The number of nitrogens with zero attached hydrogens (tertiary/aromatic N) is 1. The van der Waals surface area contributed by atoms with Gasteiger partial charge in [0.25, 0.3) is 0 Å². The molecule has 0 unspecified atom stereocenters. The molecule has 0 amide bonds. The second-order valence-electron chi connectivity index (χ2n) is 3.51. The van der Waals surface area contributed by atoms with E-state index in [0.717, 1.165) is 19.5 Å². The SMILES string of the molecule is CCCN.CN(C)Cc1ccccc1. The summed E-state index contributed by atoms with van der Waals surface area (Å²) in [4.78, 5) is 2.16. The van der Waals surface area contributed by atoms with Crippen LogP contribution in [0.5, 0.6) is 0 Å². The Bertz CT molecular complexity index is 205. The van der Waals surface area contributed by atoms with Gasteiger partial charge in [-0.05, 0) is 32.6 Å². The van der Waals surface area contributed by atoms with Gasteiger partial charge in [0.15, 0.2) is 0 Å². The molecule has 0 aromatic heterocycles. The Balaban J connectivity index is 0.000000364. The molecule has 0 aliphatic carbocycles. The Morgan fingerprint density at radius 1 is 1.14 bits per heavy atom. The Hall–Kier alpha value is -0.860. The molecule has 0 radical (unpaired) electrons. The fraction of sp³-hybridized carbons (Fsp3) is 0.500. The minimum atomic E-state index is 0.819. The van der Waals surface area contributed by atoms with Crippen molar-refractivity contribution in [3.63, 3.8) is 0 Å². The molecule has 0 heterocycles. The number of hydrogen-bond acceptors (Lipinski definition) is 2. The molecular weight excluding hydrogens is 172 g/mol. The summed E-state index contributed by atoms with van der Waals surface area (Å²) in [6.07, 6.45) is 1.10. The first kappa shape index (κ1) is 13.1. The zero-order chi connectivity index (χ0) is 10.8. The summed E-state index contributed by atoms with van der Waals surface area (Å²) < 4.78 is 0. The van der Waals surface area contributed by atoms with E-state index in [4.69, 9.17) is 5.73 Å². The molecular formula is C12H22N2. The second-order valence-corrected chi connectivity index (χ2v) is 3.51. The zero-order valence-corrected chi connectivity index (χ0v) is 9.53. The molecule has 2 N–H and O–H groups in total. The van der Waals surface area contributed by atoms with E-state index >= 15 is 0 Å². The molecule has 0 atom stereocenters. The lowest BCUT2D eigenvalue weighted by atomic mass is 10.2. The average Bonchev–Trinajstić information content (AvgIpc) is 2.19. The maximum atomic E-state index is 5.03. The second kappa shape index (κ2) is 8.73. The van der Waals surface area contributed by atoms with Gasteiger partial charge >= 0.3 is 0 Å². The van der Waals surface area contributed by atoms with Crippen LogP contribution in [0.1, 0.15) is 18.9 Å². The van der Waals surface area contributed by atoms with Crippen LogP contribution in [-0.2, 0) is 6.54 Å². The molecule has 0 aliphatic rings. The van der Waals surface area contributed by atoms with Crippen LogP contribution >= 0.6 is 0 Å². The van der Waals surface area contributed by atoms with Gasteiger partial charge in [-0.25, -0.2) is 0 Å². The van der Waals surface area contributed by atoms with Crippen LogP contribution in [-0.4, -0.2) is 25.5 Å². The van der Waals surface area contributed by atoms with E-state index < -0.39 is 0 Å². The molecule has 1 aromatic rings. The lowest BCUT2D eigenvalue weighted by Gasteiger charge is -2.08. The molecule has 0 aliphatic heterocycles. The van der Waals surface area contributed by atoms with E-state index in [2.05, 4.69) is 50.2 Å². The van der Waals surface area contributed by atoms with Crippen molar-refractivity contribution in [3.05, 3.63) is 35.9 Å². The van der Waals surface area contributed by atoms with Gasteiger partial charge in [-0.2, -0.15) is 0 Å². The molecule has 14 heavy (non-hydrogen) atoms. The van der Waals surface area contributed by atoms with Crippen LogP contribution in [0.3, 0.4) is 0 Å². The van der Waals surface area contributed by atoms with Gasteiger partial charge in [-0.3, -0.25) is 0 Å². The van der Waals surface area contributed by atoms with E-state index in [0.29, 0.717) is 0 Å². The number of rotatable bonds is 3. The smallest absolute Gasteiger partial charge is 0.0227 e. The first-order valence-corrected chi connectivity index (χ1v) is 5.09. The van der Waals surface area contributed by atoms with Gasteiger partial charge in [0.05, 0.1) is 0 Å². The molecule has 2 heteroatoms. The van der Waals surface area contributed by atoms with E-state index in [-0.39, 0.29) is 0 Å². The third-order valence-corrected chi connectivity index (χ3v) is 1.63. The Morgan fingerprint density at radius 3 is 2.00 bits per heavy atom. The van der Waals surface area contributed by atoms with Gasteiger partial charge in [0.1, 0.15) is 0 Å². The topological polar surface area (TPSA) is 29.3 Å². The van der Waals surface area contributed by atoms with Crippen molar-refractivity contribution >= 4 is 0 Å². The van der Waals surface area contributed by atoms with Gasteiger partial charge in [0.2, 0.25) is 0 Å². The molecule has 2 nitrogen and oxygen atoms in total. The van der Waals surface area contributed by atoms with Crippen molar-refractivity contribution in [2.24, 2.45) is 5.73 Å². The quantitative estimate of drug-likeness (QED) is 0.798. The van der Waals surface area contributed by atoms with Crippen LogP contribution in [0, 0.1) is 0 Å². The highest BCUT2D eigenvalue weighted by atomic mass is 15.0. The third-order valence-electron chi connectivity index (χ3n) is 1.63. The number of benzene rings is 1. The summed E-state index contributed by atoms with van der Waals surface area (Å²) in [5.74, 6) is 0. The molecule has 1 aromatic carbocycles. The van der Waals surface area contributed by atoms with Gasteiger partial charge in [-0.15, -0.1) is 0 Å². The van der Waals surface area contributed by atoms with Crippen LogP contribution in [0.2, 0.25) is 0 Å². The fourth-order valence-corrected chi connectivity index (χ4v) is 0.949. The molecule has 0 bridgehead atoms.